The van der Waals surface area contributed by atoms with Crippen molar-refractivity contribution < 1.29 is 4.84 Å². The molecule has 0 heterocycles. The highest BCUT2D eigenvalue weighted by Gasteiger charge is 2.03. The van der Waals surface area contributed by atoms with Gasteiger partial charge in [0.05, 0.1) is 6.10 Å². The number of nitrogens with one attached hydrogen (secondary N) is 1. The highest BCUT2D eigenvalue weighted by Crippen LogP contribution is 2.05. The molecule has 0 spiro atoms. The van der Waals surface area contributed by atoms with E-state index >= 15 is 0 Å². The van der Waals surface area contributed by atoms with Gasteiger partial charge < -0.3 is 0 Å². The molecule has 0 aromatic carbocycles. The Kier molecular flexibility index (Phi) is 5.64. The second-order valence-corrected chi connectivity index (χ2v) is 2.96. The average Bonchev–Trinajstić information content (AvgIpc) is 1.82. The van der Waals surface area contributed by atoms with Crippen LogP contribution in [0.25, 0.3) is 0 Å². The first-order valence-corrected chi connectivity index (χ1v) is 3.85. The van der Waals surface area contributed by atoms with Gasteiger partial charge in [0.1, 0.15) is 0 Å². The van der Waals surface area contributed by atoms with E-state index in [1.807, 2.05) is 6.92 Å². The molecule has 0 saturated carbocycles. The minimum Gasteiger partial charge on any atom is -0.298 e. The fraction of sp³-hybridized carbons (Fsp3) is 0.875. The van der Waals surface area contributed by atoms with Crippen LogP contribution in [0.3, 0.4) is 0 Å². The van der Waals surface area contributed by atoms with E-state index in [-0.39, 0.29) is 0 Å². The van der Waals surface area contributed by atoms with Gasteiger partial charge in [-0.25, -0.2) is 0 Å². The fourth-order valence-electron chi connectivity index (χ4n) is 0.896. The Morgan fingerprint density at radius 3 is 2.40 bits per heavy atom. The monoisotopic (exact) mass is 144 g/mol. The topological polar surface area (TPSA) is 21.3 Å². The second-order valence-electron chi connectivity index (χ2n) is 2.96. The summed E-state index contributed by atoms with van der Waals surface area (Å²) < 4.78 is 0. The molecular formula is C8H18NO. The van der Waals surface area contributed by atoms with Gasteiger partial charge in [0.25, 0.3) is 0 Å². The van der Waals surface area contributed by atoms with Crippen LogP contribution < -0.4 is 5.48 Å². The van der Waals surface area contributed by atoms with E-state index in [2.05, 4.69) is 26.3 Å². The number of hydrogen-bond donors (Lipinski definition) is 1. The maximum absolute atomic E-state index is 5.20. The SMILES string of the molecule is C[CH]NOC(C)CC(C)C. The van der Waals surface area contributed by atoms with E-state index < -0.39 is 0 Å². The molecule has 1 N–H and O–H groups in total. The predicted molar refractivity (Wildman–Crippen MR) is 43.1 cm³/mol. The first-order chi connectivity index (χ1) is 4.66. The van der Waals surface area contributed by atoms with Crippen molar-refractivity contribution in [2.24, 2.45) is 5.92 Å². The van der Waals surface area contributed by atoms with Gasteiger partial charge >= 0.3 is 0 Å². The van der Waals surface area contributed by atoms with Crippen LogP contribution in [-0.2, 0) is 4.84 Å². The van der Waals surface area contributed by atoms with Gasteiger partial charge in [-0.05, 0) is 26.2 Å². The Morgan fingerprint density at radius 1 is 1.40 bits per heavy atom. The summed E-state index contributed by atoms with van der Waals surface area (Å²) in [5.74, 6) is 0.702. The Balaban J connectivity index is 3.16. The zero-order chi connectivity index (χ0) is 7.98. The molecule has 0 aliphatic carbocycles. The molecule has 2 heteroatoms. The zero-order valence-corrected chi connectivity index (χ0v) is 7.35. The molecule has 0 aliphatic heterocycles. The normalized spacial score (nSPS) is 14.1. The van der Waals surface area contributed by atoms with E-state index in [1.165, 1.54) is 0 Å². The highest BCUT2D eigenvalue weighted by molar-refractivity contribution is 4.53. The highest BCUT2D eigenvalue weighted by atomic mass is 16.7. The van der Waals surface area contributed by atoms with Crippen molar-refractivity contribution in [1.82, 2.24) is 5.48 Å². The molecular weight excluding hydrogens is 126 g/mol. The molecule has 0 aromatic heterocycles. The van der Waals surface area contributed by atoms with Crippen molar-refractivity contribution in [3.05, 3.63) is 6.54 Å². The third-order valence-electron chi connectivity index (χ3n) is 1.19. The first-order valence-electron chi connectivity index (χ1n) is 3.85. The summed E-state index contributed by atoms with van der Waals surface area (Å²) >= 11 is 0. The third-order valence-corrected chi connectivity index (χ3v) is 1.19. The Bertz CT molecular complexity index is 73.7. The third kappa shape index (κ3) is 6.05. The van der Waals surface area contributed by atoms with Gasteiger partial charge in [0, 0.05) is 6.54 Å². The maximum atomic E-state index is 5.20. The van der Waals surface area contributed by atoms with Gasteiger partial charge in [-0.3, -0.25) is 4.84 Å². The van der Waals surface area contributed by atoms with Crippen LogP contribution in [0.5, 0.6) is 0 Å². The molecule has 0 amide bonds. The summed E-state index contributed by atoms with van der Waals surface area (Å²) in [7, 11) is 0. The van der Waals surface area contributed by atoms with Crippen molar-refractivity contribution in [3.63, 3.8) is 0 Å². The van der Waals surface area contributed by atoms with Crippen molar-refractivity contribution in [1.29, 1.82) is 0 Å². The molecule has 2 nitrogen and oxygen atoms in total. The van der Waals surface area contributed by atoms with Gasteiger partial charge in [0.2, 0.25) is 0 Å². The smallest absolute Gasteiger partial charge is 0.0764 e. The van der Waals surface area contributed by atoms with Crippen LogP contribution >= 0.6 is 0 Å². The summed E-state index contributed by atoms with van der Waals surface area (Å²) in [6.07, 6.45) is 1.40. The Morgan fingerprint density at radius 2 is 2.00 bits per heavy atom. The maximum Gasteiger partial charge on any atom is 0.0764 e. The van der Waals surface area contributed by atoms with Crippen LogP contribution in [0.15, 0.2) is 0 Å². The lowest BCUT2D eigenvalue weighted by atomic mass is 10.1. The summed E-state index contributed by atoms with van der Waals surface area (Å²) in [4.78, 5) is 5.20. The first kappa shape index (κ1) is 9.92. The lowest BCUT2D eigenvalue weighted by Gasteiger charge is -2.13. The van der Waals surface area contributed by atoms with E-state index in [9.17, 15) is 0 Å². The lowest BCUT2D eigenvalue weighted by molar-refractivity contribution is -0.00945. The molecule has 0 bridgehead atoms. The summed E-state index contributed by atoms with van der Waals surface area (Å²) in [6.45, 7) is 10.1. The van der Waals surface area contributed by atoms with Crippen LogP contribution in [0, 0.1) is 12.5 Å². The van der Waals surface area contributed by atoms with E-state index in [1.54, 1.807) is 6.54 Å². The standard InChI is InChI=1S/C8H18NO/c1-5-9-10-8(4)6-7(2)3/h5,7-9H,6H2,1-4H3. The van der Waals surface area contributed by atoms with E-state index in [0.29, 0.717) is 12.0 Å². The van der Waals surface area contributed by atoms with E-state index in [0.717, 1.165) is 6.42 Å². The van der Waals surface area contributed by atoms with Gasteiger partial charge in [-0.1, -0.05) is 13.8 Å². The minimum absolute atomic E-state index is 0.302. The van der Waals surface area contributed by atoms with Gasteiger partial charge in [0.15, 0.2) is 0 Å². The Hall–Kier alpha value is -0.0800. The van der Waals surface area contributed by atoms with Crippen LogP contribution in [-0.4, -0.2) is 6.10 Å². The summed E-state index contributed by atoms with van der Waals surface area (Å²) in [5, 5.41) is 0. The molecule has 0 fully saturated rings. The van der Waals surface area contributed by atoms with Crippen LogP contribution in [0.4, 0.5) is 0 Å². The molecule has 1 atom stereocenters. The molecule has 0 saturated heterocycles. The van der Waals surface area contributed by atoms with Crippen LogP contribution in [0.1, 0.15) is 34.1 Å². The largest absolute Gasteiger partial charge is 0.298 e. The Labute approximate surface area is 63.9 Å². The predicted octanol–water partition coefficient (Wildman–Crippen LogP) is 2.12. The van der Waals surface area contributed by atoms with Gasteiger partial charge in [-0.15, -0.1) is 0 Å². The summed E-state index contributed by atoms with van der Waals surface area (Å²) in [5.41, 5.74) is 2.73. The molecule has 1 unspecified atom stereocenters. The van der Waals surface area contributed by atoms with Crippen LogP contribution in [0.2, 0.25) is 0 Å². The van der Waals surface area contributed by atoms with E-state index in [4.69, 9.17) is 4.84 Å². The molecule has 0 aliphatic rings. The molecule has 0 rings (SSSR count). The zero-order valence-electron chi connectivity index (χ0n) is 7.35. The molecule has 61 valence electrons. The number of hydroxylamine groups is 1. The minimum atomic E-state index is 0.302. The lowest BCUT2D eigenvalue weighted by Crippen LogP contribution is -2.19. The molecule has 0 aromatic rings. The average molecular weight is 144 g/mol. The van der Waals surface area contributed by atoms with Crippen molar-refractivity contribution in [2.75, 3.05) is 0 Å². The molecule has 1 radical (unpaired) electrons. The van der Waals surface area contributed by atoms with Crippen molar-refractivity contribution in [3.8, 4) is 0 Å². The quantitative estimate of drug-likeness (QED) is 0.597. The van der Waals surface area contributed by atoms with Crippen molar-refractivity contribution in [2.45, 2.75) is 40.2 Å². The number of rotatable bonds is 5. The number of hydrogen-bond acceptors (Lipinski definition) is 2. The second kappa shape index (κ2) is 5.69. The summed E-state index contributed by atoms with van der Waals surface area (Å²) in [6, 6.07) is 0. The van der Waals surface area contributed by atoms with Gasteiger partial charge in [-0.2, -0.15) is 5.48 Å². The fourth-order valence-corrected chi connectivity index (χ4v) is 0.896. The van der Waals surface area contributed by atoms with Crippen molar-refractivity contribution >= 4 is 0 Å². The molecule has 10 heavy (non-hydrogen) atoms.